The molecular formula is C20H27N3O6S. The van der Waals surface area contributed by atoms with Crippen molar-refractivity contribution in [3.63, 3.8) is 0 Å². The Morgan fingerprint density at radius 2 is 1.83 bits per heavy atom. The SMILES string of the molecule is CCOC(=O)C1(NC(=O)c2ccc(S(=O)(=O)N3CCNC(=O)C3)cc2)CCCCC1. The van der Waals surface area contributed by atoms with Gasteiger partial charge < -0.3 is 15.4 Å². The van der Waals surface area contributed by atoms with Crippen molar-refractivity contribution in [2.75, 3.05) is 26.2 Å². The molecule has 30 heavy (non-hydrogen) atoms. The highest BCUT2D eigenvalue weighted by atomic mass is 32.2. The molecule has 9 nitrogen and oxygen atoms in total. The van der Waals surface area contributed by atoms with Gasteiger partial charge in [-0.3, -0.25) is 9.59 Å². The predicted octanol–water partition coefficient (Wildman–Crippen LogP) is 0.803. The topological polar surface area (TPSA) is 122 Å². The van der Waals surface area contributed by atoms with Crippen LogP contribution in [0.4, 0.5) is 0 Å². The van der Waals surface area contributed by atoms with Gasteiger partial charge in [0.15, 0.2) is 0 Å². The van der Waals surface area contributed by atoms with E-state index in [1.165, 1.54) is 24.3 Å². The van der Waals surface area contributed by atoms with Crippen LogP contribution in [0.5, 0.6) is 0 Å². The number of sulfonamides is 1. The molecule has 2 N–H and O–H groups in total. The highest BCUT2D eigenvalue weighted by Crippen LogP contribution is 2.30. The molecule has 0 aromatic heterocycles. The van der Waals surface area contributed by atoms with E-state index in [4.69, 9.17) is 4.74 Å². The predicted molar refractivity (Wildman–Crippen MR) is 108 cm³/mol. The maximum Gasteiger partial charge on any atom is 0.331 e. The van der Waals surface area contributed by atoms with Gasteiger partial charge in [0.25, 0.3) is 5.91 Å². The molecule has 1 aromatic carbocycles. The number of amides is 2. The highest BCUT2D eigenvalue weighted by Gasteiger charge is 2.42. The largest absolute Gasteiger partial charge is 0.464 e. The first-order chi connectivity index (χ1) is 14.3. The second-order valence-electron chi connectivity index (χ2n) is 7.53. The Bertz CT molecular complexity index is 907. The van der Waals surface area contributed by atoms with Crippen LogP contribution in [-0.2, 0) is 24.3 Å². The average Bonchev–Trinajstić information content (AvgIpc) is 2.74. The van der Waals surface area contributed by atoms with Crippen LogP contribution in [-0.4, -0.2) is 62.3 Å². The molecule has 0 spiro atoms. The summed E-state index contributed by atoms with van der Waals surface area (Å²) < 4.78 is 31.8. The van der Waals surface area contributed by atoms with Gasteiger partial charge in [0, 0.05) is 18.7 Å². The summed E-state index contributed by atoms with van der Waals surface area (Å²) in [4.78, 5) is 36.8. The Balaban J connectivity index is 1.75. The van der Waals surface area contributed by atoms with Crippen molar-refractivity contribution in [2.45, 2.75) is 49.5 Å². The lowest BCUT2D eigenvalue weighted by Gasteiger charge is -2.35. The Hall–Kier alpha value is -2.46. The minimum absolute atomic E-state index is 0.00604. The van der Waals surface area contributed by atoms with Gasteiger partial charge in [0.05, 0.1) is 18.0 Å². The first-order valence-corrected chi connectivity index (χ1v) is 11.6. The van der Waals surface area contributed by atoms with Crippen LogP contribution in [0.25, 0.3) is 0 Å². The van der Waals surface area contributed by atoms with E-state index < -0.39 is 27.4 Å². The first kappa shape index (κ1) is 22.2. The summed E-state index contributed by atoms with van der Waals surface area (Å²) in [5.41, 5.74) is -0.795. The second kappa shape index (κ2) is 9.13. The molecule has 10 heteroatoms. The van der Waals surface area contributed by atoms with Gasteiger partial charge in [0.1, 0.15) is 5.54 Å². The monoisotopic (exact) mass is 437 g/mol. The van der Waals surface area contributed by atoms with Crippen LogP contribution in [0.15, 0.2) is 29.2 Å². The molecule has 1 saturated heterocycles. The molecule has 0 bridgehead atoms. The Kier molecular flexibility index (Phi) is 6.77. The number of esters is 1. The maximum atomic E-state index is 12.8. The summed E-state index contributed by atoms with van der Waals surface area (Å²) >= 11 is 0. The maximum absolute atomic E-state index is 12.8. The van der Waals surface area contributed by atoms with Gasteiger partial charge in [-0.2, -0.15) is 4.31 Å². The molecule has 2 amide bonds. The molecule has 0 atom stereocenters. The smallest absolute Gasteiger partial charge is 0.331 e. The third-order valence-electron chi connectivity index (χ3n) is 5.48. The zero-order valence-electron chi connectivity index (χ0n) is 17.0. The summed E-state index contributed by atoms with van der Waals surface area (Å²) in [7, 11) is -3.83. The molecule has 164 valence electrons. The van der Waals surface area contributed by atoms with E-state index in [1.807, 2.05) is 0 Å². The second-order valence-corrected chi connectivity index (χ2v) is 9.47. The molecule has 1 aliphatic heterocycles. The van der Waals surface area contributed by atoms with E-state index in [1.54, 1.807) is 6.92 Å². The number of hydrogen-bond donors (Lipinski definition) is 2. The Morgan fingerprint density at radius 1 is 1.17 bits per heavy atom. The van der Waals surface area contributed by atoms with Crippen LogP contribution < -0.4 is 10.6 Å². The lowest BCUT2D eigenvalue weighted by atomic mass is 9.81. The Labute approximate surface area is 176 Å². The summed E-state index contributed by atoms with van der Waals surface area (Å²) in [6.45, 7) is 2.18. The number of hydrogen-bond acceptors (Lipinski definition) is 6. The summed E-state index contributed by atoms with van der Waals surface area (Å²) in [6.07, 6.45) is 3.67. The van der Waals surface area contributed by atoms with Crippen molar-refractivity contribution in [1.29, 1.82) is 0 Å². The average molecular weight is 438 g/mol. The summed E-state index contributed by atoms with van der Waals surface area (Å²) in [6, 6.07) is 5.51. The number of piperazine rings is 1. The van der Waals surface area contributed by atoms with Crippen molar-refractivity contribution < 1.29 is 27.5 Å². The number of benzene rings is 1. The number of nitrogens with zero attached hydrogens (tertiary/aromatic N) is 1. The highest BCUT2D eigenvalue weighted by molar-refractivity contribution is 7.89. The van der Waals surface area contributed by atoms with Crippen molar-refractivity contribution in [1.82, 2.24) is 14.9 Å². The van der Waals surface area contributed by atoms with Crippen LogP contribution in [0.3, 0.4) is 0 Å². The van der Waals surface area contributed by atoms with E-state index in [0.29, 0.717) is 12.8 Å². The molecule has 3 rings (SSSR count). The van der Waals surface area contributed by atoms with Crippen LogP contribution in [0.1, 0.15) is 49.4 Å². The minimum Gasteiger partial charge on any atom is -0.464 e. The van der Waals surface area contributed by atoms with Crippen molar-refractivity contribution in [2.24, 2.45) is 0 Å². The lowest BCUT2D eigenvalue weighted by molar-refractivity contribution is -0.152. The number of carbonyl (C=O) groups is 3. The van der Waals surface area contributed by atoms with Gasteiger partial charge in [0.2, 0.25) is 15.9 Å². The van der Waals surface area contributed by atoms with Crippen LogP contribution in [0, 0.1) is 0 Å². The lowest BCUT2D eigenvalue weighted by Crippen LogP contribution is -2.56. The van der Waals surface area contributed by atoms with E-state index in [-0.39, 0.29) is 42.6 Å². The summed E-state index contributed by atoms with van der Waals surface area (Å²) in [5, 5.41) is 5.42. The third-order valence-corrected chi connectivity index (χ3v) is 7.34. The standard InChI is InChI=1S/C20H27N3O6S/c1-2-29-19(26)20(10-4-3-5-11-20)22-18(25)15-6-8-16(9-7-15)30(27,28)23-13-12-21-17(24)14-23/h6-9H,2-5,10-14H2,1H3,(H,21,24)(H,22,25). The zero-order chi connectivity index (χ0) is 21.8. The van der Waals surface area contributed by atoms with E-state index >= 15 is 0 Å². The van der Waals surface area contributed by atoms with Crippen molar-refractivity contribution in [3.05, 3.63) is 29.8 Å². The molecule has 1 aromatic rings. The van der Waals surface area contributed by atoms with Crippen molar-refractivity contribution >= 4 is 27.8 Å². The molecule has 1 aliphatic carbocycles. The van der Waals surface area contributed by atoms with Crippen LogP contribution >= 0.6 is 0 Å². The number of carbonyl (C=O) groups excluding carboxylic acids is 3. The third kappa shape index (κ3) is 4.65. The fourth-order valence-corrected chi connectivity index (χ4v) is 5.24. The minimum atomic E-state index is -3.83. The van der Waals surface area contributed by atoms with Gasteiger partial charge >= 0.3 is 5.97 Å². The molecule has 2 fully saturated rings. The van der Waals surface area contributed by atoms with E-state index in [0.717, 1.165) is 23.6 Å². The quantitative estimate of drug-likeness (QED) is 0.635. The molecular weight excluding hydrogens is 410 g/mol. The van der Waals surface area contributed by atoms with Gasteiger partial charge in [-0.25, -0.2) is 13.2 Å². The number of rotatable bonds is 6. The molecule has 2 aliphatic rings. The van der Waals surface area contributed by atoms with Gasteiger partial charge in [-0.15, -0.1) is 0 Å². The molecule has 1 saturated carbocycles. The first-order valence-electron chi connectivity index (χ1n) is 10.2. The zero-order valence-corrected chi connectivity index (χ0v) is 17.8. The normalized spacial score (nSPS) is 19.6. The van der Waals surface area contributed by atoms with Gasteiger partial charge in [-0.05, 0) is 44.0 Å². The van der Waals surface area contributed by atoms with Crippen LogP contribution in [0.2, 0.25) is 0 Å². The van der Waals surface area contributed by atoms with Gasteiger partial charge in [-0.1, -0.05) is 19.3 Å². The van der Waals surface area contributed by atoms with Crippen molar-refractivity contribution in [3.8, 4) is 0 Å². The fourth-order valence-electron chi connectivity index (χ4n) is 3.84. The Morgan fingerprint density at radius 3 is 2.43 bits per heavy atom. The molecule has 0 radical (unpaired) electrons. The number of nitrogens with one attached hydrogen (secondary N) is 2. The van der Waals surface area contributed by atoms with E-state index in [2.05, 4.69) is 10.6 Å². The number of ether oxygens (including phenoxy) is 1. The summed E-state index contributed by atoms with van der Waals surface area (Å²) in [5.74, 6) is -1.23. The van der Waals surface area contributed by atoms with E-state index in [9.17, 15) is 22.8 Å². The molecule has 0 unspecified atom stereocenters. The fraction of sp³-hybridized carbons (Fsp3) is 0.550. The molecule has 1 heterocycles.